The molecule has 1 aromatic rings. The number of amides is 1. The molecular formula is C12H15F2N3O3. The van der Waals surface area contributed by atoms with Crippen LogP contribution in [0, 0.1) is 11.8 Å². The Hall–Kier alpha value is -1.64. The molecule has 1 N–H and O–H groups in total. The fourth-order valence-electron chi connectivity index (χ4n) is 2.04. The van der Waals surface area contributed by atoms with Crippen LogP contribution in [-0.2, 0) is 14.4 Å². The smallest absolute Gasteiger partial charge is 0.248 e. The molecule has 1 fully saturated rings. The molecule has 0 radical (unpaired) electrons. The van der Waals surface area contributed by atoms with Gasteiger partial charge in [0.25, 0.3) is 0 Å². The minimum Gasteiger partial charge on any atom is -0.383 e. The molecule has 0 aliphatic carbocycles. The van der Waals surface area contributed by atoms with Crippen LogP contribution < -0.4 is 5.32 Å². The topological polar surface area (TPSA) is 63.7 Å². The zero-order chi connectivity index (χ0) is 14.5. The highest BCUT2D eigenvalue weighted by atomic mass is 19.2. The van der Waals surface area contributed by atoms with E-state index in [1.165, 1.54) is 6.20 Å². The van der Waals surface area contributed by atoms with Crippen LogP contribution >= 0.6 is 0 Å². The first-order valence-electron chi connectivity index (χ1n) is 6.07. The van der Waals surface area contributed by atoms with Crippen molar-refractivity contribution in [1.82, 2.24) is 15.4 Å². The number of hydroxylamine groups is 2. The van der Waals surface area contributed by atoms with E-state index in [0.717, 1.165) is 6.07 Å². The number of carbonyl (C=O) groups is 1. The Morgan fingerprint density at radius 1 is 1.65 bits per heavy atom. The standard InChI is InChI=1S/C12H15F2N3O3/c1-19-3-2-17-6-10(16-7-18)11(20-17)8-4-9(13)12(14)15-5-8/h4-5,7,10-11H,2-3,6H2,1H3,(H,16,18)/t10-,11+/m1/s1. The Labute approximate surface area is 114 Å². The van der Waals surface area contributed by atoms with Gasteiger partial charge in [-0.3, -0.25) is 9.63 Å². The van der Waals surface area contributed by atoms with Crippen molar-refractivity contribution in [2.45, 2.75) is 12.1 Å². The number of hydrogen-bond acceptors (Lipinski definition) is 5. The number of nitrogens with one attached hydrogen (secondary N) is 1. The van der Waals surface area contributed by atoms with Gasteiger partial charge in [-0.05, 0) is 6.07 Å². The second kappa shape index (κ2) is 6.69. The molecule has 0 aromatic carbocycles. The maximum atomic E-state index is 13.2. The summed E-state index contributed by atoms with van der Waals surface area (Å²) in [6, 6.07) is 0.655. The van der Waals surface area contributed by atoms with Crippen molar-refractivity contribution < 1.29 is 23.1 Å². The largest absolute Gasteiger partial charge is 0.383 e. The van der Waals surface area contributed by atoms with Crippen LogP contribution in [0.3, 0.4) is 0 Å². The summed E-state index contributed by atoms with van der Waals surface area (Å²) in [5.74, 6) is -2.21. The summed E-state index contributed by atoms with van der Waals surface area (Å²) in [6.45, 7) is 1.38. The van der Waals surface area contributed by atoms with Crippen LogP contribution in [0.2, 0.25) is 0 Å². The number of ether oxygens (including phenoxy) is 1. The number of aromatic nitrogens is 1. The van der Waals surface area contributed by atoms with Crippen LogP contribution in [0.5, 0.6) is 0 Å². The molecule has 1 amide bonds. The third-order valence-corrected chi connectivity index (χ3v) is 3.00. The number of methoxy groups -OCH3 is 1. The highest BCUT2D eigenvalue weighted by molar-refractivity contribution is 5.47. The molecule has 1 aliphatic rings. The molecule has 1 saturated heterocycles. The van der Waals surface area contributed by atoms with Crippen molar-refractivity contribution in [2.75, 3.05) is 26.8 Å². The van der Waals surface area contributed by atoms with Gasteiger partial charge in [0.1, 0.15) is 6.10 Å². The maximum absolute atomic E-state index is 13.2. The Kier molecular flexibility index (Phi) is 4.94. The number of hydrogen-bond donors (Lipinski definition) is 1. The number of halogens is 2. The number of nitrogens with zero attached hydrogens (tertiary/aromatic N) is 2. The van der Waals surface area contributed by atoms with Gasteiger partial charge in [-0.15, -0.1) is 0 Å². The molecule has 1 aromatic heterocycles. The van der Waals surface area contributed by atoms with E-state index in [-0.39, 0.29) is 6.04 Å². The van der Waals surface area contributed by atoms with Crippen molar-refractivity contribution in [1.29, 1.82) is 0 Å². The predicted molar refractivity (Wildman–Crippen MR) is 64.4 cm³/mol. The zero-order valence-electron chi connectivity index (χ0n) is 10.9. The quantitative estimate of drug-likeness (QED) is 0.606. The van der Waals surface area contributed by atoms with Crippen molar-refractivity contribution in [3.05, 3.63) is 29.6 Å². The van der Waals surface area contributed by atoms with E-state index in [4.69, 9.17) is 9.57 Å². The highest BCUT2D eigenvalue weighted by Crippen LogP contribution is 2.29. The van der Waals surface area contributed by atoms with E-state index in [1.807, 2.05) is 0 Å². The summed E-state index contributed by atoms with van der Waals surface area (Å²) >= 11 is 0. The zero-order valence-corrected chi connectivity index (χ0v) is 10.9. The normalized spacial score (nSPS) is 22.9. The van der Waals surface area contributed by atoms with E-state index in [9.17, 15) is 13.6 Å². The maximum Gasteiger partial charge on any atom is 0.248 e. The summed E-state index contributed by atoms with van der Waals surface area (Å²) in [4.78, 5) is 19.6. The van der Waals surface area contributed by atoms with Crippen LogP contribution in [0.1, 0.15) is 11.7 Å². The summed E-state index contributed by atoms with van der Waals surface area (Å²) in [5, 5.41) is 4.21. The fraction of sp³-hybridized carbons (Fsp3) is 0.500. The third-order valence-electron chi connectivity index (χ3n) is 3.00. The molecule has 6 nitrogen and oxygen atoms in total. The SMILES string of the molecule is COCCN1C[C@@H](NC=O)[C@H](c2cnc(F)c(F)c2)O1. The average molecular weight is 287 g/mol. The lowest BCUT2D eigenvalue weighted by Gasteiger charge is -2.17. The monoisotopic (exact) mass is 287 g/mol. The number of rotatable bonds is 6. The lowest BCUT2D eigenvalue weighted by atomic mass is 10.1. The molecule has 0 spiro atoms. The summed E-state index contributed by atoms with van der Waals surface area (Å²) < 4.78 is 31.0. The van der Waals surface area contributed by atoms with Crippen LogP contribution in [0.25, 0.3) is 0 Å². The lowest BCUT2D eigenvalue weighted by Crippen LogP contribution is -2.35. The number of pyridine rings is 1. The van der Waals surface area contributed by atoms with E-state index in [1.54, 1.807) is 12.2 Å². The Morgan fingerprint density at radius 2 is 2.45 bits per heavy atom. The fourth-order valence-corrected chi connectivity index (χ4v) is 2.04. The van der Waals surface area contributed by atoms with Gasteiger partial charge in [-0.25, -0.2) is 9.37 Å². The van der Waals surface area contributed by atoms with Gasteiger partial charge in [0.15, 0.2) is 5.82 Å². The molecule has 110 valence electrons. The second-order valence-corrected chi connectivity index (χ2v) is 4.34. The first-order chi connectivity index (χ1) is 9.65. The molecule has 0 saturated carbocycles. The van der Waals surface area contributed by atoms with Crippen LogP contribution in [0.15, 0.2) is 12.3 Å². The van der Waals surface area contributed by atoms with Gasteiger partial charge in [0.05, 0.1) is 12.6 Å². The minimum absolute atomic E-state index is 0.364. The summed E-state index contributed by atoms with van der Waals surface area (Å²) in [5.41, 5.74) is 0.364. The molecule has 8 heteroatoms. The van der Waals surface area contributed by atoms with Crippen molar-refractivity contribution in [3.63, 3.8) is 0 Å². The van der Waals surface area contributed by atoms with E-state index >= 15 is 0 Å². The van der Waals surface area contributed by atoms with Gasteiger partial charge < -0.3 is 10.1 Å². The molecule has 0 bridgehead atoms. The predicted octanol–water partition coefficient (Wildman–Crippen LogP) is 0.409. The van der Waals surface area contributed by atoms with Gasteiger partial charge >= 0.3 is 0 Å². The lowest BCUT2D eigenvalue weighted by molar-refractivity contribution is -0.154. The molecule has 1 aliphatic heterocycles. The average Bonchev–Trinajstić information content (AvgIpc) is 2.83. The third kappa shape index (κ3) is 3.27. The molecular weight excluding hydrogens is 272 g/mol. The first kappa shape index (κ1) is 14.8. The van der Waals surface area contributed by atoms with Crippen molar-refractivity contribution in [3.8, 4) is 0 Å². The Bertz CT molecular complexity index is 475. The summed E-state index contributed by atoms with van der Waals surface area (Å²) in [7, 11) is 1.56. The number of carbonyl (C=O) groups excluding carboxylic acids is 1. The Balaban J connectivity index is 2.14. The van der Waals surface area contributed by atoms with Gasteiger partial charge in [0, 0.05) is 32.0 Å². The Morgan fingerprint density at radius 3 is 3.10 bits per heavy atom. The summed E-state index contributed by atoms with van der Waals surface area (Å²) in [6.07, 6.45) is 1.14. The molecule has 2 heterocycles. The van der Waals surface area contributed by atoms with Gasteiger partial charge in [-0.1, -0.05) is 0 Å². The van der Waals surface area contributed by atoms with E-state index in [0.29, 0.717) is 31.7 Å². The van der Waals surface area contributed by atoms with Crippen LogP contribution in [-0.4, -0.2) is 49.3 Å². The molecule has 0 unspecified atom stereocenters. The van der Waals surface area contributed by atoms with E-state index < -0.39 is 17.9 Å². The van der Waals surface area contributed by atoms with Gasteiger partial charge in [-0.2, -0.15) is 9.45 Å². The van der Waals surface area contributed by atoms with Crippen molar-refractivity contribution >= 4 is 6.41 Å². The molecule has 2 rings (SSSR count). The van der Waals surface area contributed by atoms with Gasteiger partial charge in [0.2, 0.25) is 12.4 Å². The molecule has 2 atom stereocenters. The van der Waals surface area contributed by atoms with Crippen molar-refractivity contribution in [2.24, 2.45) is 0 Å². The first-order valence-corrected chi connectivity index (χ1v) is 6.07. The second-order valence-electron chi connectivity index (χ2n) is 4.34. The van der Waals surface area contributed by atoms with E-state index in [2.05, 4.69) is 10.3 Å². The highest BCUT2D eigenvalue weighted by Gasteiger charge is 2.35. The molecule has 20 heavy (non-hydrogen) atoms. The minimum atomic E-state index is -1.16. The van der Waals surface area contributed by atoms with Crippen LogP contribution in [0.4, 0.5) is 8.78 Å².